The number of aromatic amines is 1. The van der Waals surface area contributed by atoms with Crippen LogP contribution in [0.25, 0.3) is 33.1 Å². The third kappa shape index (κ3) is 7.07. The molecule has 0 spiro atoms. The average molecular weight is 562 g/mol. The van der Waals surface area contributed by atoms with E-state index in [1.165, 1.54) is 0 Å². The second-order valence-electron chi connectivity index (χ2n) is 10.5. The fourth-order valence-electron chi connectivity index (χ4n) is 5.24. The van der Waals surface area contributed by atoms with Gasteiger partial charge in [0.15, 0.2) is 0 Å². The third-order valence-corrected chi connectivity index (χ3v) is 7.42. The predicted molar refractivity (Wildman–Crippen MR) is 165 cm³/mol. The largest absolute Gasteiger partial charge is 0.354 e. The van der Waals surface area contributed by atoms with Crippen LogP contribution < -0.4 is 10.6 Å². The van der Waals surface area contributed by atoms with E-state index in [1.54, 1.807) is 37.5 Å². The standard InChI is InChI=1S/C34H35N5O3/c1-23(40)10-4-2-7-15-30(39-34(42)31-17-16-25-22-35-20-19-28(25)37-31)33(41)36-21-18-27-26-13-8-9-14-29(26)38-32(27)24-11-5-3-6-12-24/h3,5-6,8-9,11-14,16-17,19-20,22,30,38H,2,4,7,10,15,18,21H2,1H3,(H,36,41)(H,39,42). The maximum atomic E-state index is 13.4. The minimum atomic E-state index is -0.721. The predicted octanol–water partition coefficient (Wildman–Crippen LogP) is 5.77. The van der Waals surface area contributed by atoms with Gasteiger partial charge in [-0.3, -0.25) is 14.6 Å². The molecule has 42 heavy (non-hydrogen) atoms. The monoisotopic (exact) mass is 561 g/mol. The number of ketones is 1. The zero-order valence-corrected chi connectivity index (χ0v) is 23.7. The van der Waals surface area contributed by atoms with E-state index in [0.29, 0.717) is 37.7 Å². The van der Waals surface area contributed by atoms with Crippen LogP contribution in [-0.4, -0.2) is 45.1 Å². The number of nitrogens with zero attached hydrogens (tertiary/aromatic N) is 2. The Morgan fingerprint density at radius 1 is 0.905 bits per heavy atom. The van der Waals surface area contributed by atoms with Crippen molar-refractivity contribution < 1.29 is 14.4 Å². The SMILES string of the molecule is CC(=O)CCCCCC(NC(=O)c1ccc2cnccc2n1)C(=O)NCCc1c(-c2ccccc2)[nH]c2ccccc12. The van der Waals surface area contributed by atoms with Gasteiger partial charge in [0.2, 0.25) is 5.91 Å². The van der Waals surface area contributed by atoms with Gasteiger partial charge in [-0.05, 0) is 61.6 Å². The molecule has 8 heteroatoms. The number of fused-ring (bicyclic) bond motifs is 2. The quantitative estimate of drug-likeness (QED) is 0.158. The number of amides is 2. The molecule has 1 atom stereocenters. The van der Waals surface area contributed by atoms with Crippen molar-refractivity contribution in [3.63, 3.8) is 0 Å². The van der Waals surface area contributed by atoms with E-state index in [0.717, 1.165) is 46.0 Å². The number of unbranched alkanes of at least 4 members (excludes halogenated alkanes) is 2. The molecule has 0 bridgehead atoms. The summed E-state index contributed by atoms with van der Waals surface area (Å²) in [7, 11) is 0. The van der Waals surface area contributed by atoms with Crippen LogP contribution in [0.5, 0.6) is 0 Å². The van der Waals surface area contributed by atoms with Crippen LogP contribution in [-0.2, 0) is 16.0 Å². The first-order valence-electron chi connectivity index (χ1n) is 14.4. The number of Topliss-reactive ketones (excluding diaryl/α,β-unsaturated/α-hetero) is 1. The lowest BCUT2D eigenvalue weighted by Crippen LogP contribution is -2.47. The molecule has 0 fully saturated rings. The number of nitrogens with one attached hydrogen (secondary N) is 3. The molecule has 0 aliphatic rings. The zero-order chi connectivity index (χ0) is 29.3. The fourth-order valence-corrected chi connectivity index (χ4v) is 5.24. The molecule has 0 radical (unpaired) electrons. The molecule has 3 aromatic heterocycles. The van der Waals surface area contributed by atoms with Gasteiger partial charge in [-0.1, -0.05) is 61.4 Å². The molecule has 214 valence electrons. The minimum Gasteiger partial charge on any atom is -0.354 e. The summed E-state index contributed by atoms with van der Waals surface area (Å²) in [6, 6.07) is 22.8. The van der Waals surface area contributed by atoms with Gasteiger partial charge >= 0.3 is 0 Å². The van der Waals surface area contributed by atoms with Crippen molar-refractivity contribution in [2.75, 3.05) is 6.54 Å². The van der Waals surface area contributed by atoms with Crippen LogP contribution in [0.15, 0.2) is 85.2 Å². The normalized spacial score (nSPS) is 11.8. The van der Waals surface area contributed by atoms with E-state index >= 15 is 0 Å². The Kier molecular flexibility index (Phi) is 9.33. The van der Waals surface area contributed by atoms with Gasteiger partial charge in [0.05, 0.1) is 5.52 Å². The van der Waals surface area contributed by atoms with E-state index < -0.39 is 11.9 Å². The van der Waals surface area contributed by atoms with Crippen molar-refractivity contribution in [3.8, 4) is 11.3 Å². The summed E-state index contributed by atoms with van der Waals surface area (Å²) in [5, 5.41) is 7.92. The third-order valence-electron chi connectivity index (χ3n) is 7.42. The number of hydrogen-bond acceptors (Lipinski definition) is 5. The lowest BCUT2D eigenvalue weighted by Gasteiger charge is -2.19. The van der Waals surface area contributed by atoms with Gasteiger partial charge in [0, 0.05) is 47.3 Å². The summed E-state index contributed by atoms with van der Waals surface area (Å²) >= 11 is 0. The number of carbonyl (C=O) groups is 3. The zero-order valence-electron chi connectivity index (χ0n) is 23.7. The van der Waals surface area contributed by atoms with Crippen LogP contribution in [0.1, 0.15) is 55.1 Å². The lowest BCUT2D eigenvalue weighted by molar-refractivity contribution is -0.123. The van der Waals surface area contributed by atoms with Gasteiger partial charge in [-0.2, -0.15) is 0 Å². The molecular formula is C34H35N5O3. The molecule has 3 heterocycles. The summed E-state index contributed by atoms with van der Waals surface area (Å²) in [6.45, 7) is 2.00. The molecule has 0 saturated heterocycles. The van der Waals surface area contributed by atoms with Gasteiger partial charge < -0.3 is 20.4 Å². The second kappa shape index (κ2) is 13.7. The maximum Gasteiger partial charge on any atom is 0.270 e. The number of benzene rings is 2. The molecular weight excluding hydrogens is 526 g/mol. The van der Waals surface area contributed by atoms with Gasteiger partial charge in [0.25, 0.3) is 5.91 Å². The van der Waals surface area contributed by atoms with Gasteiger partial charge in [0.1, 0.15) is 17.5 Å². The molecule has 0 saturated carbocycles. The van der Waals surface area contributed by atoms with Crippen molar-refractivity contribution >= 4 is 39.4 Å². The Morgan fingerprint density at radius 2 is 1.71 bits per heavy atom. The molecule has 1 unspecified atom stereocenters. The highest BCUT2D eigenvalue weighted by molar-refractivity contribution is 5.98. The molecule has 2 amide bonds. The first-order chi connectivity index (χ1) is 20.5. The highest BCUT2D eigenvalue weighted by Gasteiger charge is 2.22. The topological polar surface area (TPSA) is 117 Å². The first-order valence-corrected chi connectivity index (χ1v) is 14.4. The minimum absolute atomic E-state index is 0.155. The van der Waals surface area contributed by atoms with Crippen LogP contribution in [0.4, 0.5) is 0 Å². The highest BCUT2D eigenvalue weighted by Crippen LogP contribution is 2.30. The van der Waals surface area contributed by atoms with Crippen LogP contribution in [0.3, 0.4) is 0 Å². The number of aromatic nitrogens is 3. The number of H-pyrrole nitrogens is 1. The summed E-state index contributed by atoms with van der Waals surface area (Å²) in [4.78, 5) is 50.0. The summed E-state index contributed by atoms with van der Waals surface area (Å²) in [5.41, 5.74) is 5.22. The molecule has 0 aliphatic carbocycles. The van der Waals surface area contributed by atoms with Crippen molar-refractivity contribution in [1.29, 1.82) is 0 Å². The van der Waals surface area contributed by atoms with Crippen LogP contribution in [0.2, 0.25) is 0 Å². The van der Waals surface area contributed by atoms with Crippen LogP contribution >= 0.6 is 0 Å². The Balaban J connectivity index is 1.28. The van der Waals surface area contributed by atoms with Crippen molar-refractivity contribution in [2.45, 2.75) is 51.5 Å². The highest BCUT2D eigenvalue weighted by atomic mass is 16.2. The number of rotatable bonds is 13. The molecule has 2 aromatic carbocycles. The first kappa shape index (κ1) is 28.7. The molecule has 5 aromatic rings. The molecule has 3 N–H and O–H groups in total. The Hall–Kier alpha value is -4.85. The van der Waals surface area contributed by atoms with Crippen molar-refractivity contribution in [2.24, 2.45) is 0 Å². The van der Waals surface area contributed by atoms with E-state index in [4.69, 9.17) is 0 Å². The van der Waals surface area contributed by atoms with E-state index in [-0.39, 0.29) is 17.4 Å². The van der Waals surface area contributed by atoms with E-state index in [2.05, 4.69) is 49.9 Å². The fraction of sp³-hybridized carbons (Fsp3) is 0.265. The lowest BCUT2D eigenvalue weighted by atomic mass is 10.0. The maximum absolute atomic E-state index is 13.4. The number of para-hydroxylation sites is 1. The summed E-state index contributed by atoms with van der Waals surface area (Å²) < 4.78 is 0. The van der Waals surface area contributed by atoms with E-state index in [1.807, 2.05) is 30.3 Å². The molecule has 5 rings (SSSR count). The smallest absolute Gasteiger partial charge is 0.270 e. The number of pyridine rings is 2. The number of carbonyl (C=O) groups excluding carboxylic acids is 3. The van der Waals surface area contributed by atoms with Gasteiger partial charge in [-0.25, -0.2) is 4.98 Å². The number of hydrogen-bond donors (Lipinski definition) is 3. The molecule has 8 nitrogen and oxygen atoms in total. The van der Waals surface area contributed by atoms with Gasteiger partial charge in [-0.15, -0.1) is 0 Å². The molecule has 0 aliphatic heterocycles. The van der Waals surface area contributed by atoms with Crippen LogP contribution in [0, 0.1) is 0 Å². The average Bonchev–Trinajstić information content (AvgIpc) is 3.38. The Morgan fingerprint density at radius 3 is 2.55 bits per heavy atom. The van der Waals surface area contributed by atoms with Crippen molar-refractivity contribution in [3.05, 3.63) is 96.4 Å². The summed E-state index contributed by atoms with van der Waals surface area (Å²) in [5.74, 6) is -0.482. The summed E-state index contributed by atoms with van der Waals surface area (Å²) in [6.07, 6.45) is 7.21. The second-order valence-corrected chi connectivity index (χ2v) is 10.5. The van der Waals surface area contributed by atoms with E-state index in [9.17, 15) is 14.4 Å². The Labute approximate surface area is 245 Å². The van der Waals surface area contributed by atoms with Crippen molar-refractivity contribution in [1.82, 2.24) is 25.6 Å². The Bertz CT molecular complexity index is 1700.